The molecule has 0 atom stereocenters. The second-order valence-corrected chi connectivity index (χ2v) is 6.63. The maximum Gasteiger partial charge on any atom is 0.351 e. The van der Waals surface area contributed by atoms with Gasteiger partial charge < -0.3 is 5.32 Å². The Morgan fingerprint density at radius 2 is 1.80 bits per heavy atom. The number of carbonyl (C=O) groups is 1. The molecule has 1 saturated carbocycles. The van der Waals surface area contributed by atoms with Crippen molar-refractivity contribution in [2.24, 2.45) is 7.05 Å². The van der Waals surface area contributed by atoms with Gasteiger partial charge in [0.1, 0.15) is 0 Å². The van der Waals surface area contributed by atoms with Crippen LogP contribution in [0.3, 0.4) is 0 Å². The molecular weight excluding hydrogens is 344 g/mol. The van der Waals surface area contributed by atoms with E-state index >= 15 is 0 Å². The third-order valence-corrected chi connectivity index (χ3v) is 4.65. The molecule has 1 fully saturated rings. The largest absolute Gasteiger partial charge is 0.351 e. The van der Waals surface area contributed by atoms with Crippen LogP contribution >= 0.6 is 11.6 Å². The van der Waals surface area contributed by atoms with Gasteiger partial charge in [0.2, 0.25) is 5.69 Å². The Kier molecular flexibility index (Phi) is 5.03. The minimum Gasteiger partial charge on any atom is -0.348 e. The molecule has 0 saturated heterocycles. The normalized spacial score (nSPS) is 15.1. The van der Waals surface area contributed by atoms with E-state index in [-0.39, 0.29) is 11.7 Å². The fourth-order valence-electron chi connectivity index (χ4n) is 2.97. The monoisotopic (exact) mass is 362 g/mol. The average Bonchev–Trinajstić information content (AvgIpc) is 2.62. The highest BCUT2D eigenvalue weighted by molar-refractivity contribution is 6.30. The Hall–Kier alpha value is -2.41. The first-order chi connectivity index (χ1) is 12.0. The number of rotatable bonds is 3. The lowest BCUT2D eigenvalue weighted by molar-refractivity contribution is 0.0918. The number of carbonyl (C=O) groups excluding carboxylic acids is 1. The fraction of sp³-hybridized carbons (Fsp3) is 0.412. The lowest BCUT2D eigenvalue weighted by atomic mass is 9.95. The minimum absolute atomic E-state index is 0.0451. The van der Waals surface area contributed by atoms with Crippen molar-refractivity contribution in [1.29, 1.82) is 0 Å². The third-order valence-electron chi connectivity index (χ3n) is 4.40. The van der Waals surface area contributed by atoms with Gasteiger partial charge in [0, 0.05) is 18.1 Å². The van der Waals surface area contributed by atoms with Crippen LogP contribution in [0.5, 0.6) is 0 Å². The summed E-state index contributed by atoms with van der Waals surface area (Å²) in [5, 5.41) is 7.38. The molecule has 1 aromatic heterocycles. The first-order valence-corrected chi connectivity index (χ1v) is 8.62. The number of hydrogen-bond acceptors (Lipinski definition) is 4. The molecule has 8 heteroatoms. The van der Waals surface area contributed by atoms with Gasteiger partial charge in [0.05, 0.1) is 5.69 Å². The Bertz CT molecular complexity index is 896. The van der Waals surface area contributed by atoms with Crippen LogP contribution in [0.4, 0.5) is 0 Å². The Balaban J connectivity index is 1.99. The van der Waals surface area contributed by atoms with Crippen molar-refractivity contribution in [3.63, 3.8) is 0 Å². The highest BCUT2D eigenvalue weighted by Crippen LogP contribution is 2.17. The van der Waals surface area contributed by atoms with E-state index in [9.17, 15) is 14.4 Å². The van der Waals surface area contributed by atoms with Crippen molar-refractivity contribution in [2.45, 2.75) is 38.1 Å². The molecular formula is C17H19ClN4O3. The first-order valence-electron chi connectivity index (χ1n) is 8.24. The van der Waals surface area contributed by atoms with Gasteiger partial charge in [0.25, 0.3) is 11.5 Å². The standard InChI is InChI=1S/C17H19ClN4O3/c1-21-16(24)14(15(23)19-12-5-3-2-4-6-12)20-22(17(21)25)13-9-7-11(18)8-10-13/h7-10,12H,2-6H2,1H3,(H,19,23). The number of benzene rings is 1. The number of nitrogens with zero attached hydrogens (tertiary/aromatic N) is 3. The lowest BCUT2D eigenvalue weighted by Gasteiger charge is -2.22. The number of aromatic nitrogens is 3. The van der Waals surface area contributed by atoms with Gasteiger partial charge in [-0.1, -0.05) is 30.9 Å². The molecule has 1 aromatic carbocycles. The number of hydrogen-bond donors (Lipinski definition) is 1. The van der Waals surface area contributed by atoms with Crippen molar-refractivity contribution >= 4 is 17.5 Å². The molecule has 1 aliphatic carbocycles. The second-order valence-electron chi connectivity index (χ2n) is 6.19. The van der Waals surface area contributed by atoms with Crippen molar-refractivity contribution in [2.75, 3.05) is 0 Å². The molecule has 1 N–H and O–H groups in total. The van der Waals surface area contributed by atoms with E-state index in [1.54, 1.807) is 24.3 Å². The van der Waals surface area contributed by atoms with Crippen LogP contribution in [0.1, 0.15) is 42.6 Å². The van der Waals surface area contributed by atoms with E-state index in [2.05, 4.69) is 10.4 Å². The van der Waals surface area contributed by atoms with E-state index in [1.165, 1.54) is 7.05 Å². The smallest absolute Gasteiger partial charge is 0.348 e. The van der Waals surface area contributed by atoms with Crippen molar-refractivity contribution in [3.05, 3.63) is 55.8 Å². The Labute approximate surface area is 149 Å². The topological polar surface area (TPSA) is 86.0 Å². The zero-order valence-electron chi connectivity index (χ0n) is 13.9. The zero-order chi connectivity index (χ0) is 18.0. The molecule has 132 valence electrons. The number of nitrogens with one attached hydrogen (secondary N) is 1. The summed E-state index contributed by atoms with van der Waals surface area (Å²) in [6.07, 6.45) is 5.06. The van der Waals surface area contributed by atoms with Gasteiger partial charge in [-0.2, -0.15) is 9.78 Å². The zero-order valence-corrected chi connectivity index (χ0v) is 14.6. The molecule has 7 nitrogen and oxygen atoms in total. The summed E-state index contributed by atoms with van der Waals surface area (Å²) < 4.78 is 1.92. The van der Waals surface area contributed by atoms with E-state index in [4.69, 9.17) is 11.6 Å². The molecule has 25 heavy (non-hydrogen) atoms. The van der Waals surface area contributed by atoms with Gasteiger partial charge in [-0.15, -0.1) is 0 Å². The maximum atomic E-state index is 12.5. The van der Waals surface area contributed by atoms with E-state index in [1.807, 2.05) is 0 Å². The van der Waals surface area contributed by atoms with Gasteiger partial charge in [-0.3, -0.25) is 14.2 Å². The number of halogens is 1. The average molecular weight is 363 g/mol. The molecule has 2 aromatic rings. The predicted molar refractivity (Wildman–Crippen MR) is 94.4 cm³/mol. The highest BCUT2D eigenvalue weighted by atomic mass is 35.5. The summed E-state index contributed by atoms with van der Waals surface area (Å²) in [5.74, 6) is -0.546. The summed E-state index contributed by atoms with van der Waals surface area (Å²) in [6, 6.07) is 6.47. The summed E-state index contributed by atoms with van der Waals surface area (Å²) in [5.41, 5.74) is -1.19. The molecule has 1 aliphatic rings. The van der Waals surface area contributed by atoms with Gasteiger partial charge >= 0.3 is 5.69 Å². The van der Waals surface area contributed by atoms with Crippen LogP contribution in [0, 0.1) is 0 Å². The fourth-order valence-corrected chi connectivity index (χ4v) is 3.09. The van der Waals surface area contributed by atoms with E-state index < -0.39 is 17.2 Å². The molecule has 0 unspecified atom stereocenters. The van der Waals surface area contributed by atoms with Gasteiger partial charge in [-0.25, -0.2) is 4.79 Å². The Morgan fingerprint density at radius 3 is 2.44 bits per heavy atom. The Morgan fingerprint density at radius 1 is 1.16 bits per heavy atom. The summed E-state index contributed by atoms with van der Waals surface area (Å²) >= 11 is 5.86. The van der Waals surface area contributed by atoms with Crippen LogP contribution < -0.4 is 16.6 Å². The molecule has 3 rings (SSSR count). The van der Waals surface area contributed by atoms with E-state index in [0.717, 1.165) is 41.4 Å². The maximum absolute atomic E-state index is 12.5. The van der Waals surface area contributed by atoms with E-state index in [0.29, 0.717) is 10.7 Å². The minimum atomic E-state index is -0.705. The van der Waals surface area contributed by atoms with Crippen LogP contribution in [-0.4, -0.2) is 26.3 Å². The van der Waals surface area contributed by atoms with Gasteiger partial charge in [-0.05, 0) is 37.1 Å². The molecule has 0 spiro atoms. The third kappa shape index (κ3) is 3.66. The SMILES string of the molecule is Cn1c(=O)c(C(=O)NC2CCCCC2)nn(-c2ccc(Cl)cc2)c1=O. The van der Waals surface area contributed by atoms with Crippen LogP contribution in [-0.2, 0) is 7.05 Å². The van der Waals surface area contributed by atoms with Crippen LogP contribution in [0.25, 0.3) is 5.69 Å². The first kappa shape index (κ1) is 17.4. The van der Waals surface area contributed by atoms with Crippen molar-refractivity contribution in [3.8, 4) is 5.69 Å². The quantitative estimate of drug-likeness (QED) is 0.899. The lowest BCUT2D eigenvalue weighted by Crippen LogP contribution is -2.46. The summed E-state index contributed by atoms with van der Waals surface area (Å²) in [7, 11) is 1.33. The molecule has 0 bridgehead atoms. The molecule has 1 heterocycles. The molecule has 0 radical (unpaired) electrons. The second kappa shape index (κ2) is 7.23. The molecule has 0 aliphatic heterocycles. The van der Waals surface area contributed by atoms with Crippen LogP contribution in [0.15, 0.2) is 33.9 Å². The van der Waals surface area contributed by atoms with Gasteiger partial charge in [0.15, 0.2) is 0 Å². The predicted octanol–water partition coefficient (Wildman–Crippen LogP) is 1.65. The van der Waals surface area contributed by atoms with Crippen molar-refractivity contribution in [1.82, 2.24) is 19.7 Å². The highest BCUT2D eigenvalue weighted by Gasteiger charge is 2.22. The number of amides is 1. The van der Waals surface area contributed by atoms with Crippen LogP contribution in [0.2, 0.25) is 5.02 Å². The summed E-state index contributed by atoms with van der Waals surface area (Å²) in [6.45, 7) is 0. The van der Waals surface area contributed by atoms with Crippen molar-refractivity contribution < 1.29 is 4.79 Å². The molecule has 1 amide bonds. The summed E-state index contributed by atoms with van der Waals surface area (Å²) in [4.78, 5) is 37.2.